The van der Waals surface area contributed by atoms with Crippen molar-refractivity contribution < 1.29 is 38.1 Å². The fourth-order valence-corrected chi connectivity index (χ4v) is 4.84. The lowest BCUT2D eigenvalue weighted by Crippen LogP contribution is -2.53. The predicted octanol–water partition coefficient (Wildman–Crippen LogP) is 5.28. The molecule has 9 nitrogen and oxygen atoms in total. The molecule has 9 heteroatoms. The number of carbonyl (C=O) groups excluding carboxylic acids is 4. The topological polar surface area (TPSA) is 108 Å². The molecule has 0 aromatic heterocycles. The van der Waals surface area contributed by atoms with Gasteiger partial charge in [0.05, 0.1) is 14.2 Å². The molecule has 1 heterocycles. The average Bonchev–Trinajstić information content (AvgIpc) is 3.01. The van der Waals surface area contributed by atoms with E-state index in [4.69, 9.17) is 18.9 Å². The highest BCUT2D eigenvalue weighted by Crippen LogP contribution is 2.32. The van der Waals surface area contributed by atoms with Crippen molar-refractivity contribution in [2.75, 3.05) is 27.4 Å². The van der Waals surface area contributed by atoms with Crippen molar-refractivity contribution in [1.82, 2.24) is 4.90 Å². The van der Waals surface area contributed by atoms with E-state index in [1.165, 1.54) is 11.8 Å². The number of esters is 1. The largest absolute Gasteiger partial charge is 0.493 e. The maximum Gasteiger partial charge on any atom is 0.329 e. The molecule has 0 N–H and O–H groups in total. The van der Waals surface area contributed by atoms with Gasteiger partial charge in [-0.3, -0.25) is 14.4 Å². The molecule has 2 aromatic rings. The Kier molecular flexibility index (Phi) is 11.5. The Morgan fingerprint density at radius 1 is 1.00 bits per heavy atom. The molecule has 228 valence electrons. The van der Waals surface area contributed by atoms with E-state index >= 15 is 0 Å². The number of Topliss-reactive ketones (excluding diaryl/α,β-unsaturated/α-hetero) is 2. The smallest absolute Gasteiger partial charge is 0.329 e. The second kappa shape index (κ2) is 14.8. The highest BCUT2D eigenvalue weighted by Gasteiger charge is 2.41. The molecule has 1 saturated heterocycles. The molecule has 1 fully saturated rings. The molecule has 3 rings (SSSR count). The maximum atomic E-state index is 13.7. The van der Waals surface area contributed by atoms with Crippen molar-refractivity contribution in [3.8, 4) is 17.2 Å². The van der Waals surface area contributed by atoms with Gasteiger partial charge in [0.1, 0.15) is 24.5 Å². The summed E-state index contributed by atoms with van der Waals surface area (Å²) in [5.74, 6) is -0.0921. The van der Waals surface area contributed by atoms with Crippen LogP contribution in [-0.4, -0.2) is 61.8 Å². The normalized spacial score (nSPS) is 15.9. The predicted molar refractivity (Wildman–Crippen MR) is 158 cm³/mol. The molecular formula is C33H43NO8. The van der Waals surface area contributed by atoms with E-state index in [0.717, 1.165) is 12.0 Å². The number of hydrogen-bond donors (Lipinski definition) is 0. The summed E-state index contributed by atoms with van der Waals surface area (Å²) in [6, 6.07) is 11.9. The molecule has 0 bridgehead atoms. The molecule has 42 heavy (non-hydrogen) atoms. The van der Waals surface area contributed by atoms with Gasteiger partial charge in [0.25, 0.3) is 5.91 Å². The number of methoxy groups -OCH3 is 2. The minimum atomic E-state index is -0.844. The first-order valence-corrected chi connectivity index (χ1v) is 14.5. The summed E-state index contributed by atoms with van der Waals surface area (Å²) in [4.78, 5) is 52.8. The zero-order chi connectivity index (χ0) is 30.9. The Morgan fingerprint density at radius 2 is 1.74 bits per heavy atom. The molecule has 0 spiro atoms. The van der Waals surface area contributed by atoms with Crippen LogP contribution in [0.1, 0.15) is 77.0 Å². The third-order valence-corrected chi connectivity index (χ3v) is 7.80. The minimum Gasteiger partial charge on any atom is -0.493 e. The lowest BCUT2D eigenvalue weighted by Gasteiger charge is -2.36. The van der Waals surface area contributed by atoms with Gasteiger partial charge in [-0.25, -0.2) is 4.79 Å². The van der Waals surface area contributed by atoms with Crippen molar-refractivity contribution in [2.24, 2.45) is 5.41 Å². The van der Waals surface area contributed by atoms with Gasteiger partial charge in [-0.05, 0) is 80.8 Å². The van der Waals surface area contributed by atoms with Crippen LogP contribution in [0.3, 0.4) is 0 Å². The van der Waals surface area contributed by atoms with Gasteiger partial charge in [0.2, 0.25) is 5.78 Å². The van der Waals surface area contributed by atoms with E-state index in [2.05, 4.69) is 0 Å². The highest BCUT2D eigenvalue weighted by atomic mass is 16.5. The standard InChI is InChI=1S/C33H43NO8/c1-7-33(3,4)30(36)31(37)34-18-9-8-13-26(34)32(38)42-27(24-11-10-12-25(20-24)41-21-22(2)35)16-14-23-15-17-28(39-5)29(19-23)40-6/h10-12,15,17,19-20,26-27H,7-9,13-14,16,18,21H2,1-6H3/t26-,27+/m0/s1. The quantitative estimate of drug-likeness (QED) is 0.219. The monoisotopic (exact) mass is 581 g/mol. The molecular weight excluding hydrogens is 538 g/mol. The number of ketones is 2. The Hall–Kier alpha value is -3.88. The summed E-state index contributed by atoms with van der Waals surface area (Å²) in [5.41, 5.74) is 0.840. The van der Waals surface area contributed by atoms with Gasteiger partial charge < -0.3 is 23.8 Å². The fourth-order valence-electron chi connectivity index (χ4n) is 4.84. The van der Waals surface area contributed by atoms with Crippen LogP contribution >= 0.6 is 0 Å². The highest BCUT2D eigenvalue weighted by molar-refractivity contribution is 6.38. The van der Waals surface area contributed by atoms with Crippen LogP contribution < -0.4 is 14.2 Å². The fraction of sp³-hybridized carbons (Fsp3) is 0.515. The van der Waals surface area contributed by atoms with E-state index in [9.17, 15) is 19.2 Å². The molecule has 1 amide bonds. The van der Waals surface area contributed by atoms with Crippen molar-refractivity contribution in [3.05, 3.63) is 53.6 Å². The molecule has 0 saturated carbocycles. The number of amides is 1. The number of carbonyl (C=O) groups is 4. The Morgan fingerprint density at radius 3 is 2.40 bits per heavy atom. The molecule has 0 radical (unpaired) electrons. The first-order chi connectivity index (χ1) is 20.0. The number of ether oxygens (including phenoxy) is 4. The first-order valence-electron chi connectivity index (χ1n) is 14.5. The van der Waals surface area contributed by atoms with E-state index in [1.807, 2.05) is 31.2 Å². The summed E-state index contributed by atoms with van der Waals surface area (Å²) in [6.07, 6.45) is 2.71. The van der Waals surface area contributed by atoms with Gasteiger partial charge in [-0.15, -0.1) is 0 Å². The number of aryl methyl sites for hydroxylation is 1. The van der Waals surface area contributed by atoms with Crippen molar-refractivity contribution in [3.63, 3.8) is 0 Å². The van der Waals surface area contributed by atoms with Gasteiger partial charge >= 0.3 is 5.97 Å². The molecule has 1 aliphatic heterocycles. The van der Waals surface area contributed by atoms with Crippen LogP contribution in [0.5, 0.6) is 17.2 Å². The summed E-state index contributed by atoms with van der Waals surface area (Å²) < 4.78 is 22.5. The number of piperidine rings is 1. The van der Waals surface area contributed by atoms with Crippen molar-refractivity contribution in [2.45, 2.75) is 78.4 Å². The lowest BCUT2D eigenvalue weighted by molar-refractivity contribution is -0.164. The molecule has 1 aliphatic rings. The van der Waals surface area contributed by atoms with Crippen LogP contribution in [0.4, 0.5) is 0 Å². The van der Waals surface area contributed by atoms with Gasteiger partial charge in [-0.2, -0.15) is 0 Å². The van der Waals surface area contributed by atoms with Crippen molar-refractivity contribution >= 4 is 23.4 Å². The summed E-state index contributed by atoms with van der Waals surface area (Å²) >= 11 is 0. The second-order valence-electron chi connectivity index (χ2n) is 11.3. The molecule has 0 aliphatic carbocycles. The zero-order valence-corrected chi connectivity index (χ0v) is 25.6. The Balaban J connectivity index is 1.87. The van der Waals surface area contributed by atoms with E-state index in [0.29, 0.717) is 61.5 Å². The minimum absolute atomic E-state index is 0.0686. The van der Waals surface area contributed by atoms with Crippen LogP contribution in [0, 0.1) is 5.41 Å². The maximum absolute atomic E-state index is 13.7. The number of benzene rings is 2. The van der Waals surface area contributed by atoms with Gasteiger partial charge in [0, 0.05) is 12.0 Å². The van der Waals surface area contributed by atoms with Crippen LogP contribution in [0.25, 0.3) is 0 Å². The van der Waals surface area contributed by atoms with Crippen LogP contribution in [-0.2, 0) is 30.3 Å². The molecule has 2 aromatic carbocycles. The van der Waals surface area contributed by atoms with E-state index in [-0.39, 0.29) is 12.4 Å². The third-order valence-electron chi connectivity index (χ3n) is 7.80. The Bertz CT molecular complexity index is 1270. The number of likely N-dealkylation sites (tertiary alicyclic amines) is 1. The van der Waals surface area contributed by atoms with Crippen LogP contribution in [0.15, 0.2) is 42.5 Å². The SMILES string of the molecule is CCC(C)(C)C(=O)C(=O)N1CCCC[C@H]1C(=O)O[C@H](CCc1ccc(OC)c(OC)c1)c1cccc(OCC(C)=O)c1. The average molecular weight is 582 g/mol. The molecule has 2 atom stereocenters. The number of rotatable bonds is 14. The molecule has 0 unspecified atom stereocenters. The van der Waals surface area contributed by atoms with Gasteiger partial charge in [-0.1, -0.05) is 39.0 Å². The zero-order valence-electron chi connectivity index (χ0n) is 25.6. The summed E-state index contributed by atoms with van der Waals surface area (Å²) in [7, 11) is 3.15. The summed E-state index contributed by atoms with van der Waals surface area (Å²) in [6.45, 7) is 7.06. The first kappa shape index (κ1) is 32.6. The van der Waals surface area contributed by atoms with Crippen LogP contribution in [0.2, 0.25) is 0 Å². The van der Waals surface area contributed by atoms with E-state index < -0.39 is 35.2 Å². The van der Waals surface area contributed by atoms with Gasteiger partial charge in [0.15, 0.2) is 17.3 Å². The van der Waals surface area contributed by atoms with E-state index in [1.54, 1.807) is 46.3 Å². The lowest BCUT2D eigenvalue weighted by atomic mass is 9.84. The number of hydrogen-bond acceptors (Lipinski definition) is 8. The number of nitrogens with zero attached hydrogens (tertiary/aromatic N) is 1. The van der Waals surface area contributed by atoms with Crippen molar-refractivity contribution in [1.29, 1.82) is 0 Å². The summed E-state index contributed by atoms with van der Waals surface area (Å²) in [5, 5.41) is 0. The Labute approximate surface area is 248 Å². The second-order valence-corrected chi connectivity index (χ2v) is 11.3. The third kappa shape index (κ3) is 8.33.